The van der Waals surface area contributed by atoms with E-state index >= 15 is 0 Å². The van der Waals surface area contributed by atoms with Gasteiger partial charge in [-0.15, -0.1) is 24.0 Å². The molecule has 0 unspecified atom stereocenters. The Morgan fingerprint density at radius 2 is 2.09 bits per heavy atom. The first-order valence-corrected chi connectivity index (χ1v) is 7.24. The van der Waals surface area contributed by atoms with Crippen molar-refractivity contribution >= 4 is 35.6 Å². The summed E-state index contributed by atoms with van der Waals surface area (Å²) in [5.74, 6) is 1.58. The highest BCUT2D eigenvalue weighted by Crippen LogP contribution is 2.18. The van der Waals surface area contributed by atoms with Crippen LogP contribution in [0.3, 0.4) is 0 Å². The Morgan fingerprint density at radius 1 is 1.30 bits per heavy atom. The molecule has 5 nitrogen and oxygen atoms in total. The van der Waals surface area contributed by atoms with E-state index in [-0.39, 0.29) is 24.0 Å². The number of nitrogens with zero attached hydrogens (tertiary/aromatic N) is 2. The fourth-order valence-electron chi connectivity index (χ4n) is 1.95. The van der Waals surface area contributed by atoms with Crippen LogP contribution in [0.2, 0.25) is 0 Å². The molecule has 1 heterocycles. The number of pyridine rings is 1. The Balaban J connectivity index is 0.00000264. The van der Waals surface area contributed by atoms with Gasteiger partial charge in [0.2, 0.25) is 0 Å². The maximum atomic E-state index is 5.92. The molecule has 124 valence electrons. The lowest BCUT2D eigenvalue weighted by atomic mass is 10.0. The molecule has 0 fully saturated rings. The van der Waals surface area contributed by atoms with Crippen molar-refractivity contribution in [2.45, 2.75) is 26.3 Å². The predicted octanol–water partition coefficient (Wildman–Crippen LogP) is 3.76. The number of rotatable bonds is 5. The van der Waals surface area contributed by atoms with Crippen molar-refractivity contribution in [1.29, 1.82) is 0 Å². The molecule has 2 rings (SSSR count). The normalized spacial score (nSPS) is 11.0. The van der Waals surface area contributed by atoms with Gasteiger partial charge in [-0.05, 0) is 35.7 Å². The van der Waals surface area contributed by atoms with E-state index < -0.39 is 0 Å². The van der Waals surface area contributed by atoms with Gasteiger partial charge in [-0.1, -0.05) is 26.0 Å². The highest BCUT2D eigenvalue weighted by molar-refractivity contribution is 14.0. The molecule has 0 bridgehead atoms. The molecule has 0 amide bonds. The third kappa shape index (κ3) is 6.05. The van der Waals surface area contributed by atoms with Gasteiger partial charge in [0.25, 0.3) is 0 Å². The van der Waals surface area contributed by atoms with E-state index in [1.807, 2.05) is 24.3 Å². The van der Waals surface area contributed by atoms with E-state index in [0.717, 1.165) is 17.1 Å². The van der Waals surface area contributed by atoms with Crippen LogP contribution in [0, 0.1) is 0 Å². The van der Waals surface area contributed by atoms with E-state index in [1.165, 1.54) is 5.56 Å². The van der Waals surface area contributed by atoms with Gasteiger partial charge in [0.1, 0.15) is 5.75 Å². The molecule has 0 saturated carbocycles. The zero-order chi connectivity index (χ0) is 15.9. The highest BCUT2D eigenvalue weighted by atomic mass is 127. The number of nitrogens with one attached hydrogen (secondary N) is 1. The molecule has 0 aliphatic carbocycles. The van der Waals surface area contributed by atoms with Gasteiger partial charge >= 0.3 is 0 Å². The molecule has 3 N–H and O–H groups in total. The Labute approximate surface area is 154 Å². The van der Waals surface area contributed by atoms with Crippen molar-refractivity contribution in [2.24, 2.45) is 10.7 Å². The number of anilines is 1. The summed E-state index contributed by atoms with van der Waals surface area (Å²) >= 11 is 0. The second kappa shape index (κ2) is 9.34. The predicted molar refractivity (Wildman–Crippen MR) is 106 cm³/mol. The number of ether oxygens (including phenoxy) is 1. The number of benzene rings is 1. The van der Waals surface area contributed by atoms with Crippen LogP contribution in [0.15, 0.2) is 47.6 Å². The minimum Gasteiger partial charge on any atom is -0.495 e. The minimum absolute atomic E-state index is 0. The van der Waals surface area contributed by atoms with Crippen LogP contribution in [0.25, 0.3) is 0 Å². The largest absolute Gasteiger partial charge is 0.495 e. The second-order valence-corrected chi connectivity index (χ2v) is 5.30. The minimum atomic E-state index is 0. The number of nitrogens with two attached hydrogens (primary N) is 1. The van der Waals surface area contributed by atoms with Gasteiger partial charge in [-0.3, -0.25) is 4.98 Å². The first kappa shape index (κ1) is 19.2. The number of guanidine groups is 1. The fraction of sp³-hybridized carbons (Fsp3) is 0.294. The molecule has 0 aliphatic rings. The van der Waals surface area contributed by atoms with Gasteiger partial charge in [0.15, 0.2) is 5.96 Å². The van der Waals surface area contributed by atoms with E-state index in [2.05, 4.69) is 41.3 Å². The summed E-state index contributed by atoms with van der Waals surface area (Å²) in [4.78, 5) is 8.55. The lowest BCUT2D eigenvalue weighted by molar-refractivity contribution is 0.412. The number of aromatic nitrogens is 1. The summed E-state index contributed by atoms with van der Waals surface area (Å²) in [6.07, 6.45) is 1.67. The van der Waals surface area contributed by atoms with E-state index in [4.69, 9.17) is 10.5 Å². The van der Waals surface area contributed by atoms with E-state index in [1.54, 1.807) is 13.3 Å². The SMILES string of the molecule is COc1ccc(CN=C(N)Nc2cccc(C(C)C)c2)nc1.I. The zero-order valence-electron chi connectivity index (χ0n) is 13.6. The lowest BCUT2D eigenvalue weighted by Gasteiger charge is -2.10. The van der Waals surface area contributed by atoms with Crippen molar-refractivity contribution < 1.29 is 4.74 Å². The van der Waals surface area contributed by atoms with Gasteiger partial charge < -0.3 is 15.8 Å². The number of aliphatic imine (C=N–C) groups is 1. The average Bonchev–Trinajstić information content (AvgIpc) is 2.53. The van der Waals surface area contributed by atoms with Crippen LogP contribution < -0.4 is 15.8 Å². The number of methoxy groups -OCH3 is 1. The number of hydrogen-bond donors (Lipinski definition) is 2. The first-order valence-electron chi connectivity index (χ1n) is 7.24. The third-order valence-electron chi connectivity index (χ3n) is 3.27. The Kier molecular flexibility index (Phi) is 7.80. The molecular weight excluding hydrogens is 403 g/mol. The topological polar surface area (TPSA) is 72.5 Å². The number of hydrogen-bond acceptors (Lipinski definition) is 3. The molecule has 1 aromatic carbocycles. The van der Waals surface area contributed by atoms with Crippen molar-refractivity contribution in [2.75, 3.05) is 12.4 Å². The molecule has 1 aromatic heterocycles. The molecule has 6 heteroatoms. The van der Waals surface area contributed by atoms with Crippen molar-refractivity contribution in [3.8, 4) is 5.75 Å². The molecule has 0 radical (unpaired) electrons. The second-order valence-electron chi connectivity index (χ2n) is 5.30. The summed E-state index contributed by atoms with van der Waals surface area (Å²) in [5.41, 5.74) is 8.96. The van der Waals surface area contributed by atoms with Crippen molar-refractivity contribution in [3.05, 3.63) is 53.9 Å². The maximum absolute atomic E-state index is 5.92. The van der Waals surface area contributed by atoms with Crippen molar-refractivity contribution in [1.82, 2.24) is 4.98 Å². The van der Waals surface area contributed by atoms with Crippen LogP contribution in [0.1, 0.15) is 31.0 Å². The summed E-state index contributed by atoms with van der Waals surface area (Å²) in [6.45, 7) is 4.74. The van der Waals surface area contributed by atoms with E-state index in [0.29, 0.717) is 18.4 Å². The molecule has 0 spiro atoms. The van der Waals surface area contributed by atoms with Gasteiger partial charge in [0, 0.05) is 5.69 Å². The van der Waals surface area contributed by atoms with Gasteiger partial charge in [-0.2, -0.15) is 0 Å². The molecule has 0 aliphatic heterocycles. The summed E-state index contributed by atoms with van der Waals surface area (Å²) < 4.78 is 5.07. The zero-order valence-corrected chi connectivity index (χ0v) is 15.9. The summed E-state index contributed by atoms with van der Waals surface area (Å²) in [5, 5.41) is 3.11. The fourth-order valence-corrected chi connectivity index (χ4v) is 1.95. The van der Waals surface area contributed by atoms with Crippen LogP contribution >= 0.6 is 24.0 Å². The first-order chi connectivity index (χ1) is 10.6. The monoisotopic (exact) mass is 426 g/mol. The van der Waals surface area contributed by atoms with Crippen LogP contribution in [-0.4, -0.2) is 18.1 Å². The van der Waals surface area contributed by atoms with Crippen LogP contribution in [0.4, 0.5) is 5.69 Å². The van der Waals surface area contributed by atoms with Crippen LogP contribution in [0.5, 0.6) is 5.75 Å². The molecule has 2 aromatic rings. The quantitative estimate of drug-likeness (QED) is 0.434. The molecule has 23 heavy (non-hydrogen) atoms. The Hall–Kier alpha value is -1.83. The standard InChI is InChI=1S/C17H22N4O.HI/c1-12(2)13-5-4-6-14(9-13)21-17(18)20-10-15-7-8-16(22-3)11-19-15;/h4-9,11-12H,10H2,1-3H3,(H3,18,20,21);1H. The Bertz CT molecular complexity index is 641. The summed E-state index contributed by atoms with van der Waals surface area (Å²) in [6, 6.07) is 11.9. The summed E-state index contributed by atoms with van der Waals surface area (Å²) in [7, 11) is 1.61. The third-order valence-corrected chi connectivity index (χ3v) is 3.27. The van der Waals surface area contributed by atoms with Gasteiger partial charge in [-0.25, -0.2) is 4.99 Å². The average molecular weight is 426 g/mol. The lowest BCUT2D eigenvalue weighted by Crippen LogP contribution is -2.22. The van der Waals surface area contributed by atoms with Crippen molar-refractivity contribution in [3.63, 3.8) is 0 Å². The highest BCUT2D eigenvalue weighted by Gasteiger charge is 2.01. The van der Waals surface area contributed by atoms with Crippen LogP contribution in [-0.2, 0) is 6.54 Å². The maximum Gasteiger partial charge on any atom is 0.193 e. The smallest absolute Gasteiger partial charge is 0.193 e. The van der Waals surface area contributed by atoms with Gasteiger partial charge in [0.05, 0.1) is 25.5 Å². The molecule has 0 saturated heterocycles. The molecule has 0 atom stereocenters. The molecular formula is C17H23IN4O. The van der Waals surface area contributed by atoms with E-state index in [9.17, 15) is 0 Å². The number of halogens is 1. The Morgan fingerprint density at radius 3 is 2.70 bits per heavy atom.